The van der Waals surface area contributed by atoms with Crippen LogP contribution in [0.4, 0.5) is 0 Å². The summed E-state index contributed by atoms with van der Waals surface area (Å²) in [5.41, 5.74) is 0.189. The average Bonchev–Trinajstić information content (AvgIpc) is 2.61. The minimum absolute atomic E-state index is 0.189. The first-order valence-electron chi connectivity index (χ1n) is 3.50. The topological polar surface area (TPSA) is 21.8 Å². The fraction of sp³-hybridized carbons (Fsp3) is 1.00. The van der Waals surface area contributed by atoms with Gasteiger partial charge in [-0.05, 0) is 18.8 Å². The van der Waals surface area contributed by atoms with Gasteiger partial charge in [0.25, 0.3) is 0 Å². The number of hydrogen-bond acceptors (Lipinski definition) is 2. The number of hydrogen-bond donors (Lipinski definition) is 0. The lowest BCUT2D eigenvalue weighted by Gasteiger charge is -2.06. The second-order valence-corrected chi connectivity index (χ2v) is 3.06. The zero-order valence-electron chi connectivity index (χ0n) is 5.72. The molecule has 0 aromatic carbocycles. The van der Waals surface area contributed by atoms with Crippen LogP contribution >= 0.6 is 0 Å². The summed E-state index contributed by atoms with van der Waals surface area (Å²) in [6.45, 7) is 1.74. The van der Waals surface area contributed by atoms with Crippen LogP contribution in [0.1, 0.15) is 12.8 Å². The third-order valence-corrected chi connectivity index (χ3v) is 2.23. The Morgan fingerprint density at radius 1 is 1.67 bits per heavy atom. The van der Waals surface area contributed by atoms with E-state index in [4.69, 9.17) is 9.47 Å². The van der Waals surface area contributed by atoms with Gasteiger partial charge in [-0.3, -0.25) is 0 Å². The van der Waals surface area contributed by atoms with Crippen LogP contribution in [0.15, 0.2) is 0 Å². The standard InChI is InChI=1S/C7H12O2/c1-8-4-7(5-9-7)6-2-3-6/h6H,2-5H2,1H3. The van der Waals surface area contributed by atoms with Crippen LogP contribution in [-0.4, -0.2) is 25.9 Å². The van der Waals surface area contributed by atoms with Gasteiger partial charge in [0.15, 0.2) is 0 Å². The van der Waals surface area contributed by atoms with Crippen molar-refractivity contribution in [3.8, 4) is 0 Å². The van der Waals surface area contributed by atoms with Gasteiger partial charge < -0.3 is 9.47 Å². The van der Waals surface area contributed by atoms with Gasteiger partial charge in [-0.1, -0.05) is 0 Å². The van der Waals surface area contributed by atoms with E-state index in [2.05, 4.69) is 0 Å². The number of rotatable bonds is 3. The van der Waals surface area contributed by atoms with E-state index < -0.39 is 0 Å². The molecule has 0 aromatic heterocycles. The van der Waals surface area contributed by atoms with E-state index >= 15 is 0 Å². The first-order chi connectivity index (χ1) is 4.37. The molecule has 0 aromatic rings. The Hall–Kier alpha value is -0.0800. The third-order valence-electron chi connectivity index (χ3n) is 2.23. The molecule has 2 heteroatoms. The molecule has 0 radical (unpaired) electrons. The summed E-state index contributed by atoms with van der Waals surface area (Å²) in [6, 6.07) is 0. The molecule has 0 N–H and O–H groups in total. The minimum atomic E-state index is 0.189. The van der Waals surface area contributed by atoms with Gasteiger partial charge in [-0.25, -0.2) is 0 Å². The molecule has 1 aliphatic carbocycles. The molecular formula is C7H12O2. The predicted octanol–water partition coefficient (Wildman–Crippen LogP) is 0.812. The van der Waals surface area contributed by atoms with Crippen molar-refractivity contribution in [3.63, 3.8) is 0 Å². The van der Waals surface area contributed by atoms with Crippen molar-refractivity contribution in [3.05, 3.63) is 0 Å². The molecule has 1 heterocycles. The van der Waals surface area contributed by atoms with Gasteiger partial charge in [-0.2, -0.15) is 0 Å². The van der Waals surface area contributed by atoms with Gasteiger partial charge in [0.2, 0.25) is 0 Å². The molecule has 0 bridgehead atoms. The van der Waals surface area contributed by atoms with Crippen molar-refractivity contribution in [2.45, 2.75) is 18.4 Å². The van der Waals surface area contributed by atoms with Crippen LogP contribution in [0.25, 0.3) is 0 Å². The molecule has 1 aliphatic heterocycles. The molecule has 0 spiro atoms. The summed E-state index contributed by atoms with van der Waals surface area (Å²) in [5, 5.41) is 0. The lowest BCUT2D eigenvalue weighted by molar-refractivity contribution is 0.108. The maximum atomic E-state index is 5.34. The predicted molar refractivity (Wildman–Crippen MR) is 33.3 cm³/mol. The second kappa shape index (κ2) is 1.70. The Labute approximate surface area is 55.1 Å². The van der Waals surface area contributed by atoms with Gasteiger partial charge in [-0.15, -0.1) is 0 Å². The zero-order valence-corrected chi connectivity index (χ0v) is 5.72. The first kappa shape index (κ1) is 5.69. The van der Waals surface area contributed by atoms with Gasteiger partial charge in [0.1, 0.15) is 5.60 Å². The lowest BCUT2D eigenvalue weighted by atomic mass is 10.1. The summed E-state index contributed by atoms with van der Waals surface area (Å²) >= 11 is 0. The Bertz CT molecular complexity index is 114. The van der Waals surface area contributed by atoms with Gasteiger partial charge in [0, 0.05) is 7.11 Å². The fourth-order valence-corrected chi connectivity index (χ4v) is 1.38. The molecule has 0 amide bonds. The summed E-state index contributed by atoms with van der Waals surface area (Å²) in [5.74, 6) is 0.831. The summed E-state index contributed by atoms with van der Waals surface area (Å²) in [7, 11) is 1.74. The van der Waals surface area contributed by atoms with Crippen LogP contribution in [0.3, 0.4) is 0 Å². The maximum Gasteiger partial charge on any atom is 0.118 e. The normalized spacial score (nSPS) is 41.0. The van der Waals surface area contributed by atoms with Gasteiger partial charge >= 0.3 is 0 Å². The minimum Gasteiger partial charge on any atom is -0.382 e. The monoisotopic (exact) mass is 128 g/mol. The Morgan fingerprint density at radius 2 is 2.33 bits per heavy atom. The molecule has 9 heavy (non-hydrogen) atoms. The molecule has 1 saturated heterocycles. The van der Waals surface area contributed by atoms with E-state index in [-0.39, 0.29) is 5.60 Å². The Kier molecular flexibility index (Phi) is 1.08. The lowest BCUT2D eigenvalue weighted by Crippen LogP contribution is -2.20. The van der Waals surface area contributed by atoms with Crippen LogP contribution in [0.2, 0.25) is 0 Å². The molecular weight excluding hydrogens is 116 g/mol. The van der Waals surface area contributed by atoms with Crippen molar-refractivity contribution in [1.29, 1.82) is 0 Å². The highest BCUT2D eigenvalue weighted by Crippen LogP contribution is 2.49. The van der Waals surface area contributed by atoms with E-state index in [0.29, 0.717) is 0 Å². The molecule has 1 unspecified atom stereocenters. The number of methoxy groups -OCH3 is 1. The third kappa shape index (κ3) is 0.864. The van der Waals surface area contributed by atoms with E-state index in [1.807, 2.05) is 0 Å². The van der Waals surface area contributed by atoms with Crippen molar-refractivity contribution < 1.29 is 9.47 Å². The average molecular weight is 128 g/mol. The van der Waals surface area contributed by atoms with E-state index in [1.54, 1.807) is 7.11 Å². The van der Waals surface area contributed by atoms with Gasteiger partial charge in [0.05, 0.1) is 13.2 Å². The van der Waals surface area contributed by atoms with E-state index in [1.165, 1.54) is 12.8 Å². The molecule has 2 rings (SSSR count). The smallest absolute Gasteiger partial charge is 0.118 e. The molecule has 1 saturated carbocycles. The van der Waals surface area contributed by atoms with Crippen LogP contribution in [-0.2, 0) is 9.47 Å². The van der Waals surface area contributed by atoms with Crippen LogP contribution in [0, 0.1) is 5.92 Å². The highest BCUT2D eigenvalue weighted by atomic mass is 16.6. The van der Waals surface area contributed by atoms with Crippen molar-refractivity contribution >= 4 is 0 Å². The quantitative estimate of drug-likeness (QED) is 0.525. The summed E-state index contributed by atoms with van der Waals surface area (Å²) in [6.07, 6.45) is 2.70. The molecule has 52 valence electrons. The Morgan fingerprint density at radius 3 is 2.67 bits per heavy atom. The highest BCUT2D eigenvalue weighted by molar-refractivity contribution is 5.04. The fourth-order valence-electron chi connectivity index (χ4n) is 1.38. The second-order valence-electron chi connectivity index (χ2n) is 3.06. The number of ether oxygens (including phenoxy) is 2. The van der Waals surface area contributed by atoms with Crippen molar-refractivity contribution in [2.24, 2.45) is 5.92 Å². The maximum absolute atomic E-state index is 5.34. The first-order valence-corrected chi connectivity index (χ1v) is 3.50. The SMILES string of the molecule is COCC1(C2CC2)CO1. The van der Waals surface area contributed by atoms with Crippen molar-refractivity contribution in [1.82, 2.24) is 0 Å². The molecule has 2 aliphatic rings. The van der Waals surface area contributed by atoms with E-state index in [0.717, 1.165) is 19.1 Å². The largest absolute Gasteiger partial charge is 0.382 e. The molecule has 1 atom stereocenters. The van der Waals surface area contributed by atoms with E-state index in [9.17, 15) is 0 Å². The van der Waals surface area contributed by atoms with Crippen molar-refractivity contribution in [2.75, 3.05) is 20.3 Å². The molecule has 2 fully saturated rings. The summed E-state index contributed by atoms with van der Waals surface area (Å²) in [4.78, 5) is 0. The van der Waals surface area contributed by atoms with Crippen LogP contribution < -0.4 is 0 Å². The zero-order chi connectivity index (χ0) is 6.32. The van der Waals surface area contributed by atoms with Crippen LogP contribution in [0.5, 0.6) is 0 Å². The highest BCUT2D eigenvalue weighted by Gasteiger charge is 2.56. The Balaban J connectivity index is 1.89. The molecule has 2 nitrogen and oxygen atoms in total. The number of epoxide rings is 1. The summed E-state index contributed by atoms with van der Waals surface area (Å²) < 4.78 is 10.4.